The molecule has 0 spiro atoms. The number of methoxy groups -OCH3 is 1. The van der Waals surface area contributed by atoms with E-state index in [-0.39, 0.29) is 18.7 Å². The van der Waals surface area contributed by atoms with Crippen LogP contribution >= 0.6 is 0 Å². The van der Waals surface area contributed by atoms with Gasteiger partial charge in [0.15, 0.2) is 6.10 Å². The summed E-state index contributed by atoms with van der Waals surface area (Å²) in [7, 11) is 1.46. The van der Waals surface area contributed by atoms with Crippen molar-refractivity contribution in [2.45, 2.75) is 18.6 Å². The van der Waals surface area contributed by atoms with Gasteiger partial charge in [-0.15, -0.1) is 0 Å². The largest absolute Gasteiger partial charge is 0.479 e. The Balaban J connectivity index is 1.95. The first kappa shape index (κ1) is 11.6. The summed E-state index contributed by atoms with van der Waals surface area (Å²) in [6, 6.07) is 1.78. The van der Waals surface area contributed by atoms with E-state index < -0.39 is 12.1 Å². The summed E-state index contributed by atoms with van der Waals surface area (Å²) >= 11 is 0. The van der Waals surface area contributed by atoms with Crippen molar-refractivity contribution in [3.8, 4) is 11.9 Å². The Morgan fingerprint density at radius 2 is 2.47 bits per heavy atom. The molecule has 1 N–H and O–H groups in total. The molecule has 1 saturated heterocycles. The van der Waals surface area contributed by atoms with E-state index in [2.05, 4.69) is 9.97 Å². The molecule has 2 heterocycles. The number of carboxylic acid groups (broad SMARTS) is 1. The van der Waals surface area contributed by atoms with Crippen LogP contribution in [0.2, 0.25) is 0 Å². The van der Waals surface area contributed by atoms with Crippen molar-refractivity contribution in [1.29, 1.82) is 0 Å². The van der Waals surface area contributed by atoms with E-state index in [4.69, 9.17) is 19.3 Å². The van der Waals surface area contributed by atoms with Gasteiger partial charge in [0.25, 0.3) is 0 Å². The molecule has 1 aliphatic heterocycles. The van der Waals surface area contributed by atoms with E-state index in [1.165, 1.54) is 13.3 Å². The molecule has 7 nitrogen and oxygen atoms in total. The van der Waals surface area contributed by atoms with Crippen LogP contribution in [0.3, 0.4) is 0 Å². The van der Waals surface area contributed by atoms with Crippen LogP contribution in [0, 0.1) is 0 Å². The van der Waals surface area contributed by atoms with Crippen molar-refractivity contribution in [2.24, 2.45) is 0 Å². The summed E-state index contributed by atoms with van der Waals surface area (Å²) in [4.78, 5) is 18.5. The quantitative estimate of drug-likeness (QED) is 0.798. The van der Waals surface area contributed by atoms with Crippen LogP contribution in [-0.4, -0.2) is 47.0 Å². The van der Waals surface area contributed by atoms with Crippen LogP contribution in [-0.2, 0) is 9.53 Å². The van der Waals surface area contributed by atoms with Gasteiger partial charge in [0.2, 0.25) is 5.88 Å². The number of carboxylic acids is 1. The number of hydrogen-bond acceptors (Lipinski definition) is 6. The van der Waals surface area contributed by atoms with Gasteiger partial charge in [0.05, 0.1) is 13.7 Å². The lowest BCUT2D eigenvalue weighted by Gasteiger charge is -2.10. The predicted octanol–water partition coefficient (Wildman–Crippen LogP) is 0.106. The number of aromatic nitrogens is 2. The van der Waals surface area contributed by atoms with Crippen molar-refractivity contribution < 1.29 is 24.1 Å². The molecular formula is C10H12N2O5. The minimum atomic E-state index is -0.976. The molecule has 0 radical (unpaired) electrons. The summed E-state index contributed by atoms with van der Waals surface area (Å²) in [5.74, 6) is -0.632. The van der Waals surface area contributed by atoms with E-state index in [0.717, 1.165) is 0 Å². The Hall–Kier alpha value is -1.89. The molecule has 0 aromatic carbocycles. The lowest BCUT2D eigenvalue weighted by atomic mass is 10.2. The molecule has 0 bridgehead atoms. The molecule has 1 aromatic heterocycles. The highest BCUT2D eigenvalue weighted by molar-refractivity contribution is 5.72. The first-order valence-corrected chi connectivity index (χ1v) is 5.07. The number of nitrogens with zero attached hydrogens (tertiary/aromatic N) is 2. The van der Waals surface area contributed by atoms with E-state index in [0.29, 0.717) is 12.3 Å². The molecule has 92 valence electrons. The highest BCUT2D eigenvalue weighted by Crippen LogP contribution is 2.19. The zero-order valence-corrected chi connectivity index (χ0v) is 9.20. The second kappa shape index (κ2) is 4.96. The number of hydrogen-bond donors (Lipinski definition) is 1. The smallest absolute Gasteiger partial charge is 0.332 e. The highest BCUT2D eigenvalue weighted by atomic mass is 16.6. The average molecular weight is 240 g/mol. The van der Waals surface area contributed by atoms with Gasteiger partial charge in [0, 0.05) is 18.7 Å². The summed E-state index contributed by atoms with van der Waals surface area (Å²) in [5, 5.41) is 8.75. The molecule has 0 unspecified atom stereocenters. The van der Waals surface area contributed by atoms with E-state index >= 15 is 0 Å². The zero-order valence-electron chi connectivity index (χ0n) is 9.20. The lowest BCUT2D eigenvalue weighted by Crippen LogP contribution is -2.21. The van der Waals surface area contributed by atoms with Gasteiger partial charge >= 0.3 is 12.0 Å². The summed E-state index contributed by atoms with van der Waals surface area (Å²) in [6.07, 6.45) is 0.701. The number of ether oxygens (including phenoxy) is 3. The molecule has 1 fully saturated rings. The molecule has 1 aliphatic rings. The maximum Gasteiger partial charge on any atom is 0.332 e. The normalized spacial score (nSPS) is 23.4. The molecule has 0 saturated carbocycles. The molecule has 1 aromatic rings. The molecule has 2 atom stereocenters. The van der Waals surface area contributed by atoms with Gasteiger partial charge in [-0.05, 0) is 0 Å². The van der Waals surface area contributed by atoms with Crippen molar-refractivity contribution in [3.63, 3.8) is 0 Å². The van der Waals surface area contributed by atoms with Crippen LogP contribution in [0.25, 0.3) is 0 Å². The third-order valence-electron chi connectivity index (χ3n) is 2.31. The summed E-state index contributed by atoms with van der Waals surface area (Å²) < 4.78 is 15.4. The molecular weight excluding hydrogens is 228 g/mol. The molecule has 0 amide bonds. The van der Waals surface area contributed by atoms with Crippen molar-refractivity contribution in [3.05, 3.63) is 12.3 Å². The highest BCUT2D eigenvalue weighted by Gasteiger charge is 2.32. The average Bonchev–Trinajstić information content (AvgIpc) is 2.78. The van der Waals surface area contributed by atoms with Gasteiger partial charge in [-0.2, -0.15) is 4.98 Å². The Labute approximate surface area is 97.4 Å². The lowest BCUT2D eigenvalue weighted by molar-refractivity contribution is -0.147. The molecule has 0 aliphatic carbocycles. The molecule has 17 heavy (non-hydrogen) atoms. The number of aliphatic carboxylic acids is 1. The monoisotopic (exact) mass is 240 g/mol. The summed E-state index contributed by atoms with van der Waals surface area (Å²) in [5.41, 5.74) is 0. The standard InChI is InChI=1S/C10H12N2O5/c1-15-10-11-3-2-8(12-10)17-6-4-7(9(13)14)16-5-6/h2-3,6-7H,4-5H2,1H3,(H,13,14)/t6-,7+/m1/s1. The third-order valence-corrected chi connectivity index (χ3v) is 2.31. The predicted molar refractivity (Wildman–Crippen MR) is 55.0 cm³/mol. The van der Waals surface area contributed by atoms with E-state index in [1.54, 1.807) is 6.07 Å². The van der Waals surface area contributed by atoms with Crippen LogP contribution in [0.15, 0.2) is 12.3 Å². The Bertz CT molecular complexity index is 411. The van der Waals surface area contributed by atoms with Crippen LogP contribution in [0.1, 0.15) is 6.42 Å². The topological polar surface area (TPSA) is 90.8 Å². The fourth-order valence-corrected chi connectivity index (χ4v) is 1.51. The molecule has 7 heteroatoms. The number of carbonyl (C=O) groups is 1. The van der Waals surface area contributed by atoms with Gasteiger partial charge < -0.3 is 19.3 Å². The Kier molecular flexibility index (Phi) is 3.38. The van der Waals surface area contributed by atoms with Gasteiger partial charge in [0.1, 0.15) is 6.10 Å². The maximum absolute atomic E-state index is 10.7. The van der Waals surface area contributed by atoms with Crippen molar-refractivity contribution in [1.82, 2.24) is 9.97 Å². The third kappa shape index (κ3) is 2.82. The van der Waals surface area contributed by atoms with E-state index in [1.807, 2.05) is 0 Å². The second-order valence-electron chi connectivity index (χ2n) is 3.52. The Morgan fingerprint density at radius 1 is 1.65 bits per heavy atom. The van der Waals surface area contributed by atoms with Crippen LogP contribution in [0.5, 0.6) is 11.9 Å². The Morgan fingerprint density at radius 3 is 3.12 bits per heavy atom. The first-order chi connectivity index (χ1) is 8.19. The van der Waals surface area contributed by atoms with Gasteiger partial charge in [-0.1, -0.05) is 0 Å². The van der Waals surface area contributed by atoms with Crippen molar-refractivity contribution >= 4 is 5.97 Å². The molecule has 2 rings (SSSR count). The first-order valence-electron chi connectivity index (χ1n) is 5.07. The van der Waals surface area contributed by atoms with Crippen LogP contribution in [0.4, 0.5) is 0 Å². The van der Waals surface area contributed by atoms with E-state index in [9.17, 15) is 4.79 Å². The maximum atomic E-state index is 10.7. The van der Waals surface area contributed by atoms with Crippen molar-refractivity contribution in [2.75, 3.05) is 13.7 Å². The van der Waals surface area contributed by atoms with Gasteiger partial charge in [-0.3, -0.25) is 0 Å². The van der Waals surface area contributed by atoms with Crippen LogP contribution < -0.4 is 9.47 Å². The van der Waals surface area contributed by atoms with Gasteiger partial charge in [-0.25, -0.2) is 9.78 Å². The SMILES string of the molecule is COc1nccc(O[C@H]2CO[C@H](C(=O)O)C2)n1. The minimum absolute atomic E-state index is 0.205. The zero-order chi connectivity index (χ0) is 12.3. The fraction of sp³-hybridized carbons (Fsp3) is 0.500. The minimum Gasteiger partial charge on any atom is -0.479 e. The number of rotatable bonds is 4. The second-order valence-corrected chi connectivity index (χ2v) is 3.52. The summed E-state index contributed by atoms with van der Waals surface area (Å²) in [6.45, 7) is 0.239. The fourth-order valence-electron chi connectivity index (χ4n) is 1.51.